The number of nitrogens with zero attached hydrogens (tertiary/aromatic N) is 2. The Labute approximate surface area is 211 Å². The fourth-order valence-electron chi connectivity index (χ4n) is 4.10. The van der Waals surface area contributed by atoms with Gasteiger partial charge >= 0.3 is 0 Å². The molecule has 174 valence electrons. The van der Waals surface area contributed by atoms with Crippen molar-refractivity contribution in [1.29, 1.82) is 0 Å². The number of thiophene rings is 1. The first kappa shape index (κ1) is 25.0. The number of hydrogen-bond donors (Lipinski definition) is 3. The van der Waals surface area contributed by atoms with Crippen molar-refractivity contribution in [1.82, 2.24) is 20.5 Å². The van der Waals surface area contributed by atoms with Gasteiger partial charge in [-0.15, -0.1) is 35.3 Å². The van der Waals surface area contributed by atoms with Crippen LogP contribution in [0.5, 0.6) is 0 Å². The summed E-state index contributed by atoms with van der Waals surface area (Å²) in [5.41, 5.74) is 2.59. The lowest BCUT2D eigenvalue weighted by Crippen LogP contribution is -2.41. The molecule has 0 bridgehead atoms. The van der Waals surface area contributed by atoms with Crippen molar-refractivity contribution in [3.8, 4) is 0 Å². The van der Waals surface area contributed by atoms with Gasteiger partial charge in [0.05, 0.1) is 25.8 Å². The summed E-state index contributed by atoms with van der Waals surface area (Å²) in [6.07, 6.45) is 4.24. The van der Waals surface area contributed by atoms with E-state index in [1.165, 1.54) is 21.3 Å². The number of nitrogens with one attached hydrogen (secondary N) is 3. The van der Waals surface area contributed by atoms with Gasteiger partial charge in [-0.1, -0.05) is 24.3 Å². The third-order valence-electron chi connectivity index (χ3n) is 5.71. The zero-order chi connectivity index (χ0) is 21.3. The van der Waals surface area contributed by atoms with Gasteiger partial charge in [0, 0.05) is 48.2 Å². The van der Waals surface area contributed by atoms with Crippen LogP contribution in [0.2, 0.25) is 0 Å². The van der Waals surface area contributed by atoms with Crippen LogP contribution in [0, 0.1) is 0 Å². The minimum atomic E-state index is 0. The number of halogens is 1. The predicted molar refractivity (Wildman–Crippen MR) is 145 cm³/mol. The summed E-state index contributed by atoms with van der Waals surface area (Å²) >= 11 is 1.81. The number of hydrogen-bond acceptors (Lipinski definition) is 4. The number of aromatic nitrogens is 1. The predicted octanol–water partition coefficient (Wildman–Crippen LogP) is 4.41. The van der Waals surface area contributed by atoms with E-state index in [2.05, 4.69) is 75.4 Å². The Morgan fingerprint density at radius 1 is 1.19 bits per heavy atom. The Bertz CT molecular complexity index is 952. The molecule has 1 aliphatic heterocycles. The molecule has 0 spiro atoms. The summed E-state index contributed by atoms with van der Waals surface area (Å²) in [7, 11) is 0. The van der Waals surface area contributed by atoms with Gasteiger partial charge in [-0.05, 0) is 42.8 Å². The van der Waals surface area contributed by atoms with Crippen molar-refractivity contribution in [2.24, 2.45) is 4.99 Å². The van der Waals surface area contributed by atoms with Crippen LogP contribution >= 0.6 is 35.3 Å². The van der Waals surface area contributed by atoms with Crippen LogP contribution in [0.15, 0.2) is 53.0 Å². The summed E-state index contributed by atoms with van der Waals surface area (Å²) in [4.78, 5) is 12.2. The minimum absolute atomic E-state index is 0. The summed E-state index contributed by atoms with van der Waals surface area (Å²) in [5.74, 6) is 0.899. The maximum atomic E-state index is 5.55. The molecule has 6 nitrogen and oxygen atoms in total. The molecule has 8 heteroatoms. The SMILES string of the molecule is CCNC(=NCC(c1cccs1)N1CCOCC1)NCCCc1c[nH]c2ccccc12.I. The van der Waals surface area contributed by atoms with E-state index in [0.717, 1.165) is 64.7 Å². The molecule has 0 amide bonds. The van der Waals surface area contributed by atoms with Crippen LogP contribution in [-0.2, 0) is 11.2 Å². The van der Waals surface area contributed by atoms with Crippen LogP contribution in [0.25, 0.3) is 10.9 Å². The normalized spacial score (nSPS) is 16.0. The molecule has 0 saturated carbocycles. The fourth-order valence-corrected chi connectivity index (χ4v) is 4.95. The lowest BCUT2D eigenvalue weighted by atomic mass is 10.1. The van der Waals surface area contributed by atoms with E-state index in [9.17, 15) is 0 Å². The number of guanidine groups is 1. The smallest absolute Gasteiger partial charge is 0.191 e. The summed E-state index contributed by atoms with van der Waals surface area (Å²) in [6.45, 7) is 8.15. The molecule has 1 unspecified atom stereocenters. The molecular weight excluding hydrogens is 533 g/mol. The van der Waals surface area contributed by atoms with Crippen molar-refractivity contribution < 1.29 is 4.74 Å². The summed E-state index contributed by atoms with van der Waals surface area (Å²) in [5, 5.41) is 10.4. The number of ether oxygens (including phenoxy) is 1. The number of morpholine rings is 1. The molecule has 2 aromatic heterocycles. The second kappa shape index (κ2) is 13.2. The van der Waals surface area contributed by atoms with Crippen molar-refractivity contribution in [3.63, 3.8) is 0 Å². The average molecular weight is 568 g/mol. The molecule has 3 N–H and O–H groups in total. The molecule has 0 radical (unpaired) electrons. The first-order chi connectivity index (χ1) is 15.3. The Morgan fingerprint density at radius 3 is 2.81 bits per heavy atom. The van der Waals surface area contributed by atoms with Gasteiger partial charge in [-0.2, -0.15) is 0 Å². The van der Waals surface area contributed by atoms with Gasteiger partial charge in [0.2, 0.25) is 0 Å². The molecule has 4 rings (SSSR count). The average Bonchev–Trinajstić information content (AvgIpc) is 3.48. The zero-order valence-corrected chi connectivity index (χ0v) is 21.8. The molecule has 3 heterocycles. The van der Waals surface area contributed by atoms with E-state index in [0.29, 0.717) is 6.04 Å². The van der Waals surface area contributed by atoms with Crippen molar-refractivity contribution in [2.75, 3.05) is 45.9 Å². The number of para-hydroxylation sites is 1. The highest BCUT2D eigenvalue weighted by Gasteiger charge is 2.23. The minimum Gasteiger partial charge on any atom is -0.379 e. The highest BCUT2D eigenvalue weighted by Crippen LogP contribution is 2.26. The number of benzene rings is 1. The second-order valence-corrected chi connectivity index (χ2v) is 8.77. The van der Waals surface area contributed by atoms with E-state index < -0.39 is 0 Å². The van der Waals surface area contributed by atoms with Crippen molar-refractivity contribution in [2.45, 2.75) is 25.8 Å². The van der Waals surface area contributed by atoms with E-state index in [1.807, 2.05) is 11.3 Å². The van der Waals surface area contributed by atoms with Gasteiger partial charge in [0.15, 0.2) is 5.96 Å². The summed E-state index contributed by atoms with van der Waals surface area (Å²) in [6, 6.07) is 13.2. The van der Waals surface area contributed by atoms with Crippen LogP contribution < -0.4 is 10.6 Å². The van der Waals surface area contributed by atoms with E-state index >= 15 is 0 Å². The largest absolute Gasteiger partial charge is 0.379 e. The number of H-pyrrole nitrogens is 1. The third-order valence-corrected chi connectivity index (χ3v) is 6.69. The zero-order valence-electron chi connectivity index (χ0n) is 18.7. The topological polar surface area (TPSA) is 64.7 Å². The number of aryl methyl sites for hydroxylation is 1. The Kier molecular flexibility index (Phi) is 10.3. The first-order valence-corrected chi connectivity index (χ1v) is 12.2. The van der Waals surface area contributed by atoms with Crippen LogP contribution in [-0.4, -0.2) is 61.8 Å². The third kappa shape index (κ3) is 6.69. The number of fused-ring (bicyclic) bond motifs is 1. The first-order valence-electron chi connectivity index (χ1n) is 11.3. The van der Waals surface area contributed by atoms with E-state index in [1.54, 1.807) is 0 Å². The molecule has 32 heavy (non-hydrogen) atoms. The molecular formula is C24H34IN5OS. The van der Waals surface area contributed by atoms with E-state index in [4.69, 9.17) is 9.73 Å². The van der Waals surface area contributed by atoms with Gasteiger partial charge in [0.25, 0.3) is 0 Å². The molecule has 0 aliphatic carbocycles. The monoisotopic (exact) mass is 567 g/mol. The molecule has 1 atom stereocenters. The molecule has 1 saturated heterocycles. The standard InChI is InChI=1S/C24H33N5OS.HI/c1-2-25-24(26-11-5-7-19-17-27-21-9-4-3-8-20(19)21)28-18-22(23-10-6-16-31-23)29-12-14-30-15-13-29;/h3-4,6,8-10,16-17,22,27H,2,5,7,11-15,18H2,1H3,(H2,25,26,28);1H. The number of aliphatic imine (C=N–C) groups is 1. The van der Waals surface area contributed by atoms with Crippen LogP contribution in [0.3, 0.4) is 0 Å². The van der Waals surface area contributed by atoms with Gasteiger partial charge in [0.1, 0.15) is 0 Å². The molecule has 1 fully saturated rings. The lowest BCUT2D eigenvalue weighted by Gasteiger charge is -2.33. The fraction of sp³-hybridized carbons (Fsp3) is 0.458. The van der Waals surface area contributed by atoms with Gasteiger partial charge in [-0.3, -0.25) is 9.89 Å². The van der Waals surface area contributed by atoms with Crippen LogP contribution in [0.1, 0.15) is 29.8 Å². The number of aromatic amines is 1. The highest BCUT2D eigenvalue weighted by atomic mass is 127. The maximum absolute atomic E-state index is 5.55. The highest BCUT2D eigenvalue weighted by molar-refractivity contribution is 14.0. The molecule has 1 aromatic carbocycles. The molecule has 1 aliphatic rings. The Morgan fingerprint density at radius 2 is 2.03 bits per heavy atom. The van der Waals surface area contributed by atoms with Crippen LogP contribution in [0.4, 0.5) is 0 Å². The second-order valence-electron chi connectivity index (χ2n) is 7.79. The van der Waals surface area contributed by atoms with Gasteiger partial charge in [-0.25, -0.2) is 0 Å². The van der Waals surface area contributed by atoms with Crippen molar-refractivity contribution in [3.05, 3.63) is 58.4 Å². The van der Waals surface area contributed by atoms with Crippen molar-refractivity contribution >= 4 is 52.2 Å². The van der Waals surface area contributed by atoms with Gasteiger partial charge < -0.3 is 20.4 Å². The quantitative estimate of drug-likeness (QED) is 0.155. The van der Waals surface area contributed by atoms with E-state index in [-0.39, 0.29) is 24.0 Å². The maximum Gasteiger partial charge on any atom is 0.191 e. The summed E-state index contributed by atoms with van der Waals surface area (Å²) < 4.78 is 5.55. The lowest BCUT2D eigenvalue weighted by molar-refractivity contribution is 0.0186. The Hall–Kier alpha value is -1.62. The Balaban J connectivity index is 0.00000289. The molecule has 3 aromatic rings. The number of rotatable bonds is 9.